The highest BCUT2D eigenvalue weighted by Gasteiger charge is 2.02. The predicted octanol–water partition coefficient (Wildman–Crippen LogP) is 1.92. The maximum absolute atomic E-state index is 13.5. The number of halogens is 1. The first-order chi connectivity index (χ1) is 8.27. The zero-order chi connectivity index (χ0) is 12.5. The SMILES string of the molecule is CCNCCCNCc1ccc(OC)cc1F. The van der Waals surface area contributed by atoms with Gasteiger partial charge in [0.05, 0.1) is 7.11 Å². The smallest absolute Gasteiger partial charge is 0.131 e. The highest BCUT2D eigenvalue weighted by atomic mass is 19.1. The Morgan fingerprint density at radius 1 is 1.24 bits per heavy atom. The summed E-state index contributed by atoms with van der Waals surface area (Å²) in [5.74, 6) is 0.335. The summed E-state index contributed by atoms with van der Waals surface area (Å²) in [5.41, 5.74) is 0.675. The van der Waals surface area contributed by atoms with Crippen LogP contribution in [0.5, 0.6) is 5.75 Å². The quantitative estimate of drug-likeness (QED) is 0.681. The Morgan fingerprint density at radius 2 is 2.00 bits per heavy atom. The molecule has 0 aliphatic rings. The van der Waals surface area contributed by atoms with Crippen LogP contribution in [0.25, 0.3) is 0 Å². The predicted molar refractivity (Wildman–Crippen MR) is 67.8 cm³/mol. The summed E-state index contributed by atoms with van der Waals surface area (Å²) in [6, 6.07) is 4.94. The molecule has 17 heavy (non-hydrogen) atoms. The van der Waals surface area contributed by atoms with E-state index in [0.717, 1.165) is 26.1 Å². The maximum atomic E-state index is 13.5. The number of methoxy groups -OCH3 is 1. The normalized spacial score (nSPS) is 10.5. The molecule has 0 saturated heterocycles. The van der Waals surface area contributed by atoms with E-state index in [0.29, 0.717) is 17.9 Å². The van der Waals surface area contributed by atoms with Gasteiger partial charge < -0.3 is 15.4 Å². The molecule has 0 bridgehead atoms. The van der Waals surface area contributed by atoms with Crippen LogP contribution in [0, 0.1) is 5.82 Å². The summed E-state index contributed by atoms with van der Waals surface area (Å²) in [6.07, 6.45) is 1.05. The second kappa shape index (κ2) is 8.03. The molecule has 2 N–H and O–H groups in total. The first-order valence-corrected chi connectivity index (χ1v) is 6.01. The maximum Gasteiger partial charge on any atom is 0.131 e. The molecule has 1 aromatic rings. The van der Waals surface area contributed by atoms with Crippen molar-refractivity contribution in [1.29, 1.82) is 0 Å². The number of nitrogens with one attached hydrogen (secondary N) is 2. The van der Waals surface area contributed by atoms with Crippen molar-refractivity contribution in [2.24, 2.45) is 0 Å². The summed E-state index contributed by atoms with van der Waals surface area (Å²) < 4.78 is 18.5. The number of hydrogen-bond donors (Lipinski definition) is 2. The summed E-state index contributed by atoms with van der Waals surface area (Å²) in [6.45, 7) is 5.52. The second-order valence-electron chi connectivity index (χ2n) is 3.84. The van der Waals surface area contributed by atoms with E-state index in [1.807, 2.05) is 0 Å². The van der Waals surface area contributed by atoms with E-state index >= 15 is 0 Å². The Bertz CT molecular complexity index is 331. The molecule has 0 aromatic heterocycles. The molecule has 96 valence electrons. The van der Waals surface area contributed by atoms with Crippen molar-refractivity contribution < 1.29 is 9.13 Å². The van der Waals surface area contributed by atoms with E-state index in [1.54, 1.807) is 12.1 Å². The van der Waals surface area contributed by atoms with Crippen LogP contribution in [0.3, 0.4) is 0 Å². The van der Waals surface area contributed by atoms with E-state index in [9.17, 15) is 4.39 Å². The summed E-state index contributed by atoms with van der Waals surface area (Å²) in [5, 5.41) is 6.46. The molecular formula is C13H21FN2O. The average molecular weight is 240 g/mol. The van der Waals surface area contributed by atoms with Crippen LogP contribution in [0.4, 0.5) is 4.39 Å². The zero-order valence-corrected chi connectivity index (χ0v) is 10.6. The molecule has 0 aliphatic heterocycles. The molecule has 0 amide bonds. The van der Waals surface area contributed by atoms with Crippen molar-refractivity contribution in [1.82, 2.24) is 10.6 Å². The van der Waals surface area contributed by atoms with Crippen molar-refractivity contribution in [3.05, 3.63) is 29.6 Å². The number of rotatable bonds is 8. The van der Waals surface area contributed by atoms with Crippen LogP contribution in [0.15, 0.2) is 18.2 Å². The Labute approximate surface area is 102 Å². The minimum atomic E-state index is -0.219. The monoisotopic (exact) mass is 240 g/mol. The molecule has 0 heterocycles. The zero-order valence-electron chi connectivity index (χ0n) is 10.6. The van der Waals surface area contributed by atoms with Crippen LogP contribution in [0.2, 0.25) is 0 Å². The van der Waals surface area contributed by atoms with Crippen molar-refractivity contribution in [2.75, 3.05) is 26.7 Å². The van der Waals surface area contributed by atoms with Gasteiger partial charge in [-0.25, -0.2) is 4.39 Å². The molecule has 3 nitrogen and oxygen atoms in total. The fraction of sp³-hybridized carbons (Fsp3) is 0.538. The van der Waals surface area contributed by atoms with Gasteiger partial charge in [0, 0.05) is 18.2 Å². The lowest BCUT2D eigenvalue weighted by atomic mass is 10.2. The fourth-order valence-corrected chi connectivity index (χ4v) is 1.54. The van der Waals surface area contributed by atoms with Crippen molar-refractivity contribution in [3.63, 3.8) is 0 Å². The minimum absolute atomic E-state index is 0.219. The third-order valence-corrected chi connectivity index (χ3v) is 2.53. The lowest BCUT2D eigenvalue weighted by Gasteiger charge is -2.07. The van der Waals surface area contributed by atoms with Crippen LogP contribution >= 0.6 is 0 Å². The van der Waals surface area contributed by atoms with Gasteiger partial charge in [0.25, 0.3) is 0 Å². The van der Waals surface area contributed by atoms with Crippen LogP contribution in [0.1, 0.15) is 18.9 Å². The lowest BCUT2D eigenvalue weighted by Crippen LogP contribution is -2.21. The third-order valence-electron chi connectivity index (χ3n) is 2.53. The van der Waals surface area contributed by atoms with Crippen molar-refractivity contribution in [3.8, 4) is 5.75 Å². The number of hydrogen-bond acceptors (Lipinski definition) is 3. The van der Waals surface area contributed by atoms with E-state index in [-0.39, 0.29) is 5.82 Å². The Hall–Kier alpha value is -1.13. The molecule has 4 heteroatoms. The Kier molecular flexibility index (Phi) is 6.58. The third kappa shape index (κ3) is 5.15. The Morgan fingerprint density at radius 3 is 2.65 bits per heavy atom. The summed E-state index contributed by atoms with van der Waals surface area (Å²) >= 11 is 0. The number of benzene rings is 1. The van der Waals surface area contributed by atoms with Crippen molar-refractivity contribution in [2.45, 2.75) is 19.9 Å². The van der Waals surface area contributed by atoms with Crippen LogP contribution in [-0.2, 0) is 6.54 Å². The molecule has 0 aliphatic carbocycles. The molecule has 0 spiro atoms. The van der Waals surface area contributed by atoms with Gasteiger partial charge in [0.1, 0.15) is 11.6 Å². The molecule has 1 rings (SSSR count). The lowest BCUT2D eigenvalue weighted by molar-refractivity contribution is 0.410. The van der Waals surface area contributed by atoms with E-state index < -0.39 is 0 Å². The van der Waals surface area contributed by atoms with Crippen molar-refractivity contribution >= 4 is 0 Å². The van der Waals surface area contributed by atoms with Gasteiger partial charge >= 0.3 is 0 Å². The molecule has 0 unspecified atom stereocenters. The van der Waals surface area contributed by atoms with Crippen LogP contribution < -0.4 is 15.4 Å². The number of ether oxygens (including phenoxy) is 1. The van der Waals surface area contributed by atoms with Gasteiger partial charge in [0.2, 0.25) is 0 Å². The van der Waals surface area contributed by atoms with E-state index in [2.05, 4.69) is 17.6 Å². The van der Waals surface area contributed by atoms with Gasteiger partial charge in [-0.1, -0.05) is 13.0 Å². The molecule has 0 saturated carbocycles. The molecule has 0 atom stereocenters. The summed E-state index contributed by atoms with van der Waals surface area (Å²) in [4.78, 5) is 0. The van der Waals surface area contributed by atoms with E-state index in [1.165, 1.54) is 13.2 Å². The average Bonchev–Trinajstić information content (AvgIpc) is 2.35. The van der Waals surface area contributed by atoms with Gasteiger partial charge in [-0.2, -0.15) is 0 Å². The first kappa shape index (κ1) is 13.9. The topological polar surface area (TPSA) is 33.3 Å². The standard InChI is InChI=1S/C13H21FN2O/c1-3-15-7-4-8-16-10-11-5-6-12(17-2)9-13(11)14/h5-6,9,15-16H,3-4,7-8,10H2,1-2H3. The second-order valence-corrected chi connectivity index (χ2v) is 3.84. The fourth-order valence-electron chi connectivity index (χ4n) is 1.54. The minimum Gasteiger partial charge on any atom is -0.497 e. The van der Waals surface area contributed by atoms with Gasteiger partial charge in [-0.15, -0.1) is 0 Å². The first-order valence-electron chi connectivity index (χ1n) is 6.01. The highest BCUT2D eigenvalue weighted by Crippen LogP contribution is 2.15. The van der Waals surface area contributed by atoms with Gasteiger partial charge in [-0.05, 0) is 32.1 Å². The largest absolute Gasteiger partial charge is 0.497 e. The molecule has 0 radical (unpaired) electrons. The molecular weight excluding hydrogens is 219 g/mol. The Balaban J connectivity index is 2.27. The highest BCUT2D eigenvalue weighted by molar-refractivity contribution is 5.28. The molecule has 0 fully saturated rings. The van der Waals surface area contributed by atoms with Gasteiger partial charge in [-0.3, -0.25) is 0 Å². The molecule has 1 aromatic carbocycles. The van der Waals surface area contributed by atoms with Gasteiger partial charge in [0.15, 0.2) is 0 Å². The van der Waals surface area contributed by atoms with E-state index in [4.69, 9.17) is 4.74 Å². The summed E-state index contributed by atoms with van der Waals surface area (Å²) in [7, 11) is 1.54. The van der Waals surface area contributed by atoms with Crippen LogP contribution in [-0.4, -0.2) is 26.7 Å².